The van der Waals surface area contributed by atoms with E-state index >= 15 is 0 Å². The zero-order valence-electron chi connectivity index (χ0n) is 14.8. The van der Waals surface area contributed by atoms with Crippen LogP contribution < -0.4 is 0 Å². The summed E-state index contributed by atoms with van der Waals surface area (Å²) < 4.78 is 5.83. The van der Waals surface area contributed by atoms with E-state index in [1.54, 1.807) is 6.92 Å². The first-order valence-corrected chi connectivity index (χ1v) is 8.83. The zero-order valence-corrected chi connectivity index (χ0v) is 15.6. The van der Waals surface area contributed by atoms with E-state index in [1.807, 2.05) is 62.4 Å². The fourth-order valence-electron chi connectivity index (χ4n) is 3.65. The number of hydrogen-bond acceptors (Lipinski definition) is 2. The molecule has 2 heterocycles. The van der Waals surface area contributed by atoms with E-state index in [1.165, 1.54) is 0 Å². The lowest BCUT2D eigenvalue weighted by Crippen LogP contribution is -1.96. The molecule has 0 spiro atoms. The molecule has 2 aromatic carbocycles. The maximum atomic E-state index is 12.4. The predicted molar refractivity (Wildman–Crippen MR) is 106 cm³/mol. The van der Waals surface area contributed by atoms with Crippen LogP contribution in [0.25, 0.3) is 33.3 Å². The molecule has 2 aromatic heterocycles. The van der Waals surface area contributed by atoms with Crippen LogP contribution in [-0.4, -0.2) is 10.8 Å². The molecule has 4 rings (SSSR count). The lowest BCUT2D eigenvalue weighted by molar-refractivity contribution is 0.101. The summed E-state index contributed by atoms with van der Waals surface area (Å²) in [5.41, 5.74) is 5.38. The van der Waals surface area contributed by atoms with Crippen molar-refractivity contribution in [3.8, 4) is 22.4 Å². The van der Waals surface area contributed by atoms with Crippen molar-refractivity contribution in [2.45, 2.75) is 20.8 Å². The third-order valence-electron chi connectivity index (χ3n) is 4.69. The Morgan fingerprint density at radius 2 is 1.73 bits per heavy atom. The lowest BCUT2D eigenvalue weighted by atomic mass is 9.93. The first-order valence-electron chi connectivity index (χ1n) is 8.45. The third-order valence-corrected chi connectivity index (χ3v) is 4.92. The number of carbonyl (C=O) groups excluding carboxylic acids is 1. The highest BCUT2D eigenvalue weighted by Crippen LogP contribution is 2.43. The topological polar surface area (TPSA) is 46.0 Å². The Bertz CT molecular complexity index is 1140. The van der Waals surface area contributed by atoms with Gasteiger partial charge in [-0.1, -0.05) is 41.9 Å². The van der Waals surface area contributed by atoms with E-state index < -0.39 is 0 Å². The predicted octanol–water partition coefficient (Wildman–Crippen LogP) is 6.57. The number of aryl methyl sites for hydroxylation is 2. The van der Waals surface area contributed by atoms with Gasteiger partial charge in [-0.3, -0.25) is 4.79 Å². The van der Waals surface area contributed by atoms with Crippen LogP contribution in [0.15, 0.2) is 52.9 Å². The van der Waals surface area contributed by atoms with Crippen molar-refractivity contribution in [1.82, 2.24) is 4.98 Å². The largest absolute Gasteiger partial charge is 0.465 e. The van der Waals surface area contributed by atoms with E-state index in [0.717, 1.165) is 39.0 Å². The number of fused-ring (bicyclic) bond motifs is 1. The maximum Gasteiger partial charge on any atom is 0.163 e. The fraction of sp³-hybridized carbons (Fsp3) is 0.136. The second kappa shape index (κ2) is 6.19. The van der Waals surface area contributed by atoms with E-state index in [2.05, 4.69) is 4.98 Å². The van der Waals surface area contributed by atoms with Gasteiger partial charge in [0, 0.05) is 27.1 Å². The van der Waals surface area contributed by atoms with E-state index in [9.17, 15) is 4.79 Å². The number of aromatic nitrogens is 1. The van der Waals surface area contributed by atoms with Crippen LogP contribution >= 0.6 is 11.6 Å². The molecule has 130 valence electrons. The van der Waals surface area contributed by atoms with Gasteiger partial charge in [0.15, 0.2) is 5.78 Å². The molecule has 0 aliphatic rings. The van der Waals surface area contributed by atoms with Crippen molar-refractivity contribution >= 4 is 28.3 Å². The van der Waals surface area contributed by atoms with Crippen molar-refractivity contribution < 1.29 is 9.21 Å². The Balaban J connectivity index is 2.16. The number of halogens is 1. The Labute approximate surface area is 156 Å². The van der Waals surface area contributed by atoms with Crippen LogP contribution in [0.2, 0.25) is 5.02 Å². The molecule has 4 heteroatoms. The van der Waals surface area contributed by atoms with Gasteiger partial charge < -0.3 is 9.40 Å². The van der Waals surface area contributed by atoms with Crippen LogP contribution in [0.4, 0.5) is 0 Å². The fourth-order valence-corrected chi connectivity index (χ4v) is 3.83. The summed E-state index contributed by atoms with van der Waals surface area (Å²) in [5.74, 6) is 1.36. The number of aromatic amines is 1. The van der Waals surface area contributed by atoms with Gasteiger partial charge in [-0.25, -0.2) is 0 Å². The molecule has 26 heavy (non-hydrogen) atoms. The van der Waals surface area contributed by atoms with Crippen LogP contribution in [0.5, 0.6) is 0 Å². The molecule has 0 radical (unpaired) electrons. The van der Waals surface area contributed by atoms with E-state index in [0.29, 0.717) is 16.3 Å². The van der Waals surface area contributed by atoms with Gasteiger partial charge >= 0.3 is 0 Å². The Kier molecular flexibility index (Phi) is 3.97. The number of nitrogens with one attached hydrogen (secondary N) is 1. The van der Waals surface area contributed by atoms with Gasteiger partial charge in [0.2, 0.25) is 0 Å². The van der Waals surface area contributed by atoms with Crippen LogP contribution in [0.3, 0.4) is 0 Å². The van der Waals surface area contributed by atoms with Crippen molar-refractivity contribution in [2.75, 3.05) is 0 Å². The SMILES string of the molecule is CC(=O)c1c(C)oc(C)c1-c1c(-c2ccccc2)[nH]c2ccc(Cl)cc12. The molecule has 4 aromatic rings. The number of hydrogen-bond donors (Lipinski definition) is 1. The third kappa shape index (κ3) is 2.56. The summed E-state index contributed by atoms with van der Waals surface area (Å²) >= 11 is 6.28. The average molecular weight is 364 g/mol. The van der Waals surface area contributed by atoms with Crippen molar-refractivity contribution in [2.24, 2.45) is 0 Å². The minimum absolute atomic E-state index is 0.00950. The second-order valence-electron chi connectivity index (χ2n) is 6.45. The average Bonchev–Trinajstić information content (AvgIpc) is 3.11. The molecule has 0 fully saturated rings. The van der Waals surface area contributed by atoms with Crippen LogP contribution in [-0.2, 0) is 0 Å². The molecule has 0 aliphatic heterocycles. The summed E-state index contributed by atoms with van der Waals surface area (Å²) in [7, 11) is 0. The number of H-pyrrole nitrogens is 1. The molecule has 0 saturated carbocycles. The Hall–Kier alpha value is -2.78. The van der Waals surface area contributed by atoms with E-state index in [4.69, 9.17) is 16.0 Å². The zero-order chi connectivity index (χ0) is 18.4. The van der Waals surface area contributed by atoms with Crippen molar-refractivity contribution in [1.29, 1.82) is 0 Å². The minimum atomic E-state index is -0.00950. The van der Waals surface area contributed by atoms with Gasteiger partial charge in [-0.05, 0) is 44.5 Å². The van der Waals surface area contributed by atoms with Gasteiger partial charge in [0.1, 0.15) is 11.5 Å². The lowest BCUT2D eigenvalue weighted by Gasteiger charge is -2.07. The summed E-state index contributed by atoms with van der Waals surface area (Å²) in [6.45, 7) is 5.30. The summed E-state index contributed by atoms with van der Waals surface area (Å²) in [6.07, 6.45) is 0. The maximum absolute atomic E-state index is 12.4. The number of rotatable bonds is 3. The standard InChI is InChI=1S/C22H18ClNO2/c1-12(25)19-13(2)26-14(3)20(19)21-17-11-16(23)9-10-18(17)24-22(21)15-7-5-4-6-8-15/h4-11,24H,1-3H3. The molecule has 0 unspecified atom stereocenters. The molecular weight excluding hydrogens is 346 g/mol. The molecule has 0 aliphatic carbocycles. The number of ketones is 1. The highest BCUT2D eigenvalue weighted by atomic mass is 35.5. The van der Waals surface area contributed by atoms with Crippen molar-refractivity contribution in [3.63, 3.8) is 0 Å². The number of carbonyl (C=O) groups is 1. The number of benzene rings is 2. The van der Waals surface area contributed by atoms with Crippen LogP contribution in [0.1, 0.15) is 28.8 Å². The Morgan fingerprint density at radius 3 is 2.42 bits per heavy atom. The molecule has 1 N–H and O–H groups in total. The monoisotopic (exact) mass is 363 g/mol. The van der Waals surface area contributed by atoms with Gasteiger partial charge in [-0.15, -0.1) is 0 Å². The van der Waals surface area contributed by atoms with E-state index in [-0.39, 0.29) is 5.78 Å². The van der Waals surface area contributed by atoms with Crippen LogP contribution in [0, 0.1) is 13.8 Å². The molecule has 0 amide bonds. The summed E-state index contributed by atoms with van der Waals surface area (Å²) in [5, 5.41) is 1.63. The summed E-state index contributed by atoms with van der Waals surface area (Å²) in [4.78, 5) is 15.8. The first-order chi connectivity index (χ1) is 12.5. The highest BCUT2D eigenvalue weighted by molar-refractivity contribution is 6.31. The summed E-state index contributed by atoms with van der Waals surface area (Å²) in [6, 6.07) is 15.8. The smallest absolute Gasteiger partial charge is 0.163 e. The second-order valence-corrected chi connectivity index (χ2v) is 6.89. The highest BCUT2D eigenvalue weighted by Gasteiger charge is 2.25. The van der Waals surface area contributed by atoms with Gasteiger partial charge in [0.05, 0.1) is 11.3 Å². The molecule has 0 saturated heterocycles. The quantitative estimate of drug-likeness (QED) is 0.418. The number of Topliss-reactive ketones (excluding diaryl/α,β-unsaturated/α-hetero) is 1. The molecule has 3 nitrogen and oxygen atoms in total. The Morgan fingerprint density at radius 1 is 1.00 bits per heavy atom. The first kappa shape index (κ1) is 16.7. The molecule has 0 atom stereocenters. The normalized spacial score (nSPS) is 11.2. The molecule has 0 bridgehead atoms. The van der Waals surface area contributed by atoms with Crippen molar-refractivity contribution in [3.05, 3.63) is 70.6 Å². The minimum Gasteiger partial charge on any atom is -0.465 e. The van der Waals surface area contributed by atoms with Gasteiger partial charge in [-0.2, -0.15) is 0 Å². The number of furan rings is 1. The molecular formula is C22H18ClNO2. The van der Waals surface area contributed by atoms with Gasteiger partial charge in [0.25, 0.3) is 0 Å².